The van der Waals surface area contributed by atoms with Gasteiger partial charge in [0.1, 0.15) is 18.3 Å². The number of benzene rings is 2. The maximum atomic E-state index is 14.1. The molecular formula is C35H49N3O5S. The third-order valence-corrected chi connectivity index (χ3v) is 11.3. The molecule has 9 heteroatoms. The Bertz CT molecular complexity index is 1390. The number of carbonyl (C=O) groups excluding carboxylic acids is 2. The number of hydrogen-bond acceptors (Lipinski definition) is 5. The van der Waals surface area contributed by atoms with Crippen LogP contribution >= 0.6 is 0 Å². The van der Waals surface area contributed by atoms with Crippen molar-refractivity contribution in [1.82, 2.24) is 10.2 Å². The molecule has 0 radical (unpaired) electrons. The van der Waals surface area contributed by atoms with E-state index in [2.05, 4.69) is 24.4 Å². The van der Waals surface area contributed by atoms with Crippen LogP contribution in [0.15, 0.2) is 48.5 Å². The molecule has 4 aliphatic carbocycles. The van der Waals surface area contributed by atoms with Crippen LogP contribution in [0.5, 0.6) is 5.75 Å². The number of methoxy groups -OCH3 is 1. The lowest BCUT2D eigenvalue weighted by atomic mass is 9.48. The van der Waals surface area contributed by atoms with Gasteiger partial charge in [0.2, 0.25) is 21.8 Å². The first-order chi connectivity index (χ1) is 21.0. The Balaban J connectivity index is 1.39. The van der Waals surface area contributed by atoms with Crippen LogP contribution in [0, 0.1) is 17.8 Å². The predicted molar refractivity (Wildman–Crippen MR) is 174 cm³/mol. The molecular weight excluding hydrogens is 574 g/mol. The summed E-state index contributed by atoms with van der Waals surface area (Å²) in [5.74, 6) is 2.42. The van der Waals surface area contributed by atoms with Gasteiger partial charge in [0.15, 0.2) is 0 Å². The molecule has 4 saturated carbocycles. The molecule has 1 atom stereocenters. The van der Waals surface area contributed by atoms with Crippen molar-refractivity contribution < 1.29 is 22.7 Å². The highest BCUT2D eigenvalue weighted by atomic mass is 32.2. The summed E-state index contributed by atoms with van der Waals surface area (Å²) in [4.78, 5) is 28.9. The fourth-order valence-corrected chi connectivity index (χ4v) is 9.30. The summed E-state index contributed by atoms with van der Waals surface area (Å²) in [5.41, 5.74) is 2.76. The molecule has 44 heavy (non-hydrogen) atoms. The van der Waals surface area contributed by atoms with E-state index in [4.69, 9.17) is 4.74 Å². The Labute approximate surface area is 263 Å². The van der Waals surface area contributed by atoms with E-state index < -0.39 is 28.5 Å². The minimum absolute atomic E-state index is 0.151. The Kier molecular flexibility index (Phi) is 9.93. The van der Waals surface area contributed by atoms with Gasteiger partial charge in [-0.2, -0.15) is 0 Å². The van der Waals surface area contributed by atoms with Gasteiger partial charge in [0.05, 0.1) is 19.1 Å². The minimum Gasteiger partial charge on any atom is -0.497 e. The number of hydrogen-bond donors (Lipinski definition) is 1. The second kappa shape index (κ2) is 13.5. The van der Waals surface area contributed by atoms with E-state index in [1.54, 1.807) is 7.11 Å². The second-order valence-electron chi connectivity index (χ2n) is 13.5. The van der Waals surface area contributed by atoms with Crippen LogP contribution in [0.1, 0.15) is 82.8 Å². The van der Waals surface area contributed by atoms with Crippen LogP contribution in [0.25, 0.3) is 0 Å². The molecule has 4 fully saturated rings. The van der Waals surface area contributed by atoms with Gasteiger partial charge in [-0.25, -0.2) is 8.42 Å². The monoisotopic (exact) mass is 623 g/mol. The van der Waals surface area contributed by atoms with Crippen LogP contribution in [0.3, 0.4) is 0 Å². The highest BCUT2D eigenvalue weighted by Crippen LogP contribution is 2.60. The number of ether oxygens (including phenoxy) is 1. The van der Waals surface area contributed by atoms with Crippen LogP contribution in [-0.4, -0.2) is 57.6 Å². The number of rotatable bonds is 14. The number of amides is 2. The van der Waals surface area contributed by atoms with Crippen molar-refractivity contribution in [2.45, 2.75) is 89.6 Å². The van der Waals surface area contributed by atoms with Crippen molar-refractivity contribution in [1.29, 1.82) is 0 Å². The lowest BCUT2D eigenvalue weighted by molar-refractivity contribution is -0.140. The highest BCUT2D eigenvalue weighted by Gasteiger charge is 2.51. The van der Waals surface area contributed by atoms with Crippen molar-refractivity contribution >= 4 is 27.5 Å². The van der Waals surface area contributed by atoms with Crippen LogP contribution < -0.4 is 14.4 Å². The molecule has 0 spiro atoms. The van der Waals surface area contributed by atoms with Crippen molar-refractivity contribution in [3.63, 3.8) is 0 Å². The van der Waals surface area contributed by atoms with E-state index >= 15 is 0 Å². The zero-order valence-corrected chi connectivity index (χ0v) is 27.6. The molecule has 0 saturated heterocycles. The Hall–Kier alpha value is -3.07. The third kappa shape index (κ3) is 7.08. The molecule has 1 N–H and O–H groups in total. The fraction of sp³-hybridized carbons (Fsp3) is 0.600. The summed E-state index contributed by atoms with van der Waals surface area (Å²) in [5, 5.41) is 2.96. The third-order valence-electron chi connectivity index (χ3n) is 10.2. The van der Waals surface area contributed by atoms with Crippen LogP contribution in [0.4, 0.5) is 5.69 Å². The van der Waals surface area contributed by atoms with E-state index in [0.717, 1.165) is 42.4 Å². The first kappa shape index (κ1) is 32.3. The van der Waals surface area contributed by atoms with E-state index in [-0.39, 0.29) is 17.9 Å². The number of unbranched alkanes of at least 4 members (excludes halogenated alkanes) is 1. The highest BCUT2D eigenvalue weighted by molar-refractivity contribution is 7.92. The number of anilines is 1. The van der Waals surface area contributed by atoms with E-state index in [9.17, 15) is 18.0 Å². The molecule has 8 nitrogen and oxygen atoms in total. The fourth-order valence-electron chi connectivity index (χ4n) is 8.45. The molecule has 1 unspecified atom stereocenters. The molecule has 4 aliphatic rings. The Morgan fingerprint density at radius 3 is 2.18 bits per heavy atom. The average Bonchev–Trinajstić information content (AvgIpc) is 2.99. The lowest BCUT2D eigenvalue weighted by Gasteiger charge is -2.57. The Morgan fingerprint density at radius 2 is 1.64 bits per heavy atom. The first-order valence-electron chi connectivity index (χ1n) is 16.3. The molecule has 6 rings (SSSR count). The summed E-state index contributed by atoms with van der Waals surface area (Å²) < 4.78 is 32.9. The summed E-state index contributed by atoms with van der Waals surface area (Å²) in [6.45, 7) is 4.21. The van der Waals surface area contributed by atoms with Crippen molar-refractivity contribution in [3.8, 4) is 5.75 Å². The molecule has 4 bridgehead atoms. The summed E-state index contributed by atoms with van der Waals surface area (Å²) in [6.07, 6.45) is 11.1. The maximum absolute atomic E-state index is 14.1. The van der Waals surface area contributed by atoms with Crippen molar-refractivity contribution in [3.05, 3.63) is 59.7 Å². The molecule has 240 valence electrons. The average molecular weight is 624 g/mol. The standard InChI is InChI=1S/C35H49N3O5S/c1-5-7-15-36-34(40)32(6-2)37(23-25-9-8-10-31(19-25)43-3)33(39)24-38(44(4,41)42)30-13-11-29(12-14-30)35-20-26-16-27(21-35)18-28(17-26)22-35/h8-14,19,26-28,32H,5-7,15-18,20-24H2,1-4H3,(H,36,40). The van der Waals surface area contributed by atoms with Gasteiger partial charge in [0, 0.05) is 13.1 Å². The summed E-state index contributed by atoms with van der Waals surface area (Å²) >= 11 is 0. The van der Waals surface area contributed by atoms with Gasteiger partial charge in [-0.3, -0.25) is 13.9 Å². The summed E-state index contributed by atoms with van der Waals surface area (Å²) in [6, 6.07) is 14.5. The zero-order valence-electron chi connectivity index (χ0n) is 26.8. The van der Waals surface area contributed by atoms with E-state index in [0.29, 0.717) is 24.4 Å². The van der Waals surface area contributed by atoms with Crippen LogP contribution in [-0.2, 0) is 31.6 Å². The van der Waals surface area contributed by atoms with Gasteiger partial charge in [-0.1, -0.05) is 44.5 Å². The Morgan fingerprint density at radius 1 is 1.00 bits per heavy atom. The van der Waals surface area contributed by atoms with E-state index in [1.165, 1.54) is 53.3 Å². The van der Waals surface area contributed by atoms with Crippen molar-refractivity contribution in [2.75, 3.05) is 30.8 Å². The van der Waals surface area contributed by atoms with Gasteiger partial charge in [-0.05, 0) is 110 Å². The van der Waals surface area contributed by atoms with E-state index in [1.807, 2.05) is 43.3 Å². The molecule has 2 aromatic rings. The van der Waals surface area contributed by atoms with Gasteiger partial charge < -0.3 is 15.0 Å². The summed E-state index contributed by atoms with van der Waals surface area (Å²) in [7, 11) is -2.21. The molecule has 2 amide bonds. The molecule has 0 aromatic heterocycles. The van der Waals surface area contributed by atoms with Gasteiger partial charge in [-0.15, -0.1) is 0 Å². The molecule has 0 heterocycles. The second-order valence-corrected chi connectivity index (χ2v) is 15.4. The SMILES string of the molecule is CCCCNC(=O)C(CC)N(Cc1cccc(OC)c1)C(=O)CN(c1ccc(C23CC4CC(CC(C4)C2)C3)cc1)S(C)(=O)=O. The van der Waals surface area contributed by atoms with Gasteiger partial charge >= 0.3 is 0 Å². The van der Waals surface area contributed by atoms with Gasteiger partial charge in [0.25, 0.3) is 0 Å². The van der Waals surface area contributed by atoms with Crippen molar-refractivity contribution in [2.24, 2.45) is 17.8 Å². The zero-order chi connectivity index (χ0) is 31.5. The molecule has 0 aliphatic heterocycles. The number of carbonyl (C=O) groups is 2. The number of nitrogens with zero attached hydrogens (tertiary/aromatic N) is 2. The quantitative estimate of drug-likeness (QED) is 0.274. The molecule has 2 aromatic carbocycles. The lowest BCUT2D eigenvalue weighted by Crippen LogP contribution is -2.52. The smallest absolute Gasteiger partial charge is 0.244 e. The number of nitrogens with one attached hydrogen (secondary N) is 1. The first-order valence-corrected chi connectivity index (χ1v) is 18.2. The predicted octanol–water partition coefficient (Wildman–Crippen LogP) is 5.65. The number of sulfonamides is 1. The largest absolute Gasteiger partial charge is 0.497 e. The maximum Gasteiger partial charge on any atom is 0.244 e. The van der Waals surface area contributed by atoms with Crippen LogP contribution in [0.2, 0.25) is 0 Å². The normalized spacial score (nSPS) is 24.5. The topological polar surface area (TPSA) is 96.0 Å². The minimum atomic E-state index is -3.79.